The van der Waals surface area contributed by atoms with Gasteiger partial charge in [0.1, 0.15) is 18.3 Å². The summed E-state index contributed by atoms with van der Waals surface area (Å²) in [5, 5.41) is 8.71. The van der Waals surface area contributed by atoms with E-state index in [1.54, 1.807) is 0 Å². The lowest BCUT2D eigenvalue weighted by Gasteiger charge is -2.21. The lowest BCUT2D eigenvalue weighted by Crippen LogP contribution is -2.54. The molecule has 12 unspecified atom stereocenters. The van der Waals surface area contributed by atoms with Gasteiger partial charge < -0.3 is 44.4 Å². The summed E-state index contributed by atoms with van der Waals surface area (Å²) >= 11 is 0. The number of nitrogens with zero attached hydrogens (tertiary/aromatic N) is 6. The quantitative estimate of drug-likeness (QED) is 0.0314. The van der Waals surface area contributed by atoms with Crippen molar-refractivity contribution in [1.82, 2.24) is 44.4 Å². The van der Waals surface area contributed by atoms with Crippen LogP contribution in [0.1, 0.15) is 216 Å². The normalized spacial score (nSPS) is 20.7. The standard InChI is InChI=1S/C66H123N9O12/c1-10-16-31-55(13-4)46-82-49-58(43-70-40-52(70)7)85-61(76)67-34-25-19-22-28-37-73-64(79)74(38-29-23-20-26-35-68-62(77)86-59(44-71-41-53(71)8)50-83-47-56(14-5)32-17-11-2)66(81)75(65(73)80)39-30-24-21-27-36-69-63(78)87-60(45-72-42-54(72)9)51-84-48-57(15-6)33-18-12-3/h52-60H,10-51H2,1-9H3,(H,67,76)(H,68,77)(H,69,78). The first-order valence-electron chi connectivity index (χ1n) is 34.9. The zero-order chi connectivity index (χ0) is 63.2. The second-order valence-corrected chi connectivity index (χ2v) is 25.7. The van der Waals surface area contributed by atoms with Crippen LogP contribution in [0.25, 0.3) is 0 Å². The van der Waals surface area contributed by atoms with Crippen LogP contribution < -0.4 is 33.0 Å². The Labute approximate surface area is 523 Å². The lowest BCUT2D eigenvalue weighted by atomic mass is 10.0. The Hall–Kier alpha value is -4.02. The summed E-state index contributed by atoms with van der Waals surface area (Å²) in [7, 11) is 0. The van der Waals surface area contributed by atoms with Crippen LogP contribution in [0.15, 0.2) is 14.4 Å². The molecule has 0 aromatic carbocycles. The minimum atomic E-state index is -0.606. The van der Waals surface area contributed by atoms with E-state index in [-0.39, 0.29) is 37.9 Å². The molecule has 504 valence electrons. The molecule has 4 heterocycles. The van der Waals surface area contributed by atoms with Crippen LogP contribution >= 0.6 is 0 Å². The maximum atomic E-state index is 14.0. The first kappa shape index (κ1) is 75.4. The minimum Gasteiger partial charge on any atom is -0.442 e. The van der Waals surface area contributed by atoms with Crippen molar-refractivity contribution in [3.05, 3.63) is 31.5 Å². The molecule has 0 radical (unpaired) electrons. The number of carbonyl (C=O) groups excluding carboxylic acids is 3. The van der Waals surface area contributed by atoms with Crippen molar-refractivity contribution in [1.29, 1.82) is 0 Å². The molecule has 3 aliphatic heterocycles. The Kier molecular flexibility index (Phi) is 38.5. The monoisotopic (exact) mass is 1230 g/mol. The number of alkyl carbamates (subject to hydrolysis) is 3. The highest BCUT2D eigenvalue weighted by Crippen LogP contribution is 2.22. The predicted molar refractivity (Wildman–Crippen MR) is 345 cm³/mol. The maximum Gasteiger partial charge on any atom is 0.407 e. The summed E-state index contributed by atoms with van der Waals surface area (Å²) in [6, 6.07) is 1.44. The van der Waals surface area contributed by atoms with Gasteiger partial charge in [0.2, 0.25) is 0 Å². The molecule has 0 aliphatic carbocycles. The predicted octanol–water partition coefficient (Wildman–Crippen LogP) is 9.95. The Morgan fingerprint density at radius 3 is 0.874 bits per heavy atom. The van der Waals surface area contributed by atoms with E-state index in [1.165, 1.54) is 33.0 Å². The van der Waals surface area contributed by atoms with E-state index in [0.717, 1.165) is 96.7 Å². The van der Waals surface area contributed by atoms with Gasteiger partial charge in [-0.15, -0.1) is 0 Å². The van der Waals surface area contributed by atoms with Crippen molar-refractivity contribution in [3.8, 4) is 0 Å². The number of aromatic nitrogens is 3. The smallest absolute Gasteiger partial charge is 0.407 e. The van der Waals surface area contributed by atoms with E-state index in [9.17, 15) is 28.8 Å². The second-order valence-electron chi connectivity index (χ2n) is 25.7. The minimum absolute atomic E-state index is 0.162. The fourth-order valence-electron chi connectivity index (χ4n) is 11.2. The van der Waals surface area contributed by atoms with E-state index >= 15 is 0 Å². The van der Waals surface area contributed by atoms with Gasteiger partial charge in [-0.3, -0.25) is 14.7 Å². The van der Waals surface area contributed by atoms with Crippen molar-refractivity contribution >= 4 is 18.3 Å². The number of amides is 3. The second kappa shape index (κ2) is 44.4. The van der Waals surface area contributed by atoms with Crippen LogP contribution in [0.2, 0.25) is 0 Å². The van der Waals surface area contributed by atoms with Crippen LogP contribution in [-0.4, -0.2) is 182 Å². The molecule has 87 heavy (non-hydrogen) atoms. The largest absolute Gasteiger partial charge is 0.442 e. The molecule has 4 rings (SSSR count). The van der Waals surface area contributed by atoms with Crippen molar-refractivity contribution in [2.24, 2.45) is 17.8 Å². The molecule has 21 nitrogen and oxygen atoms in total. The molecule has 1 aromatic heterocycles. The summed E-state index contributed by atoms with van der Waals surface area (Å²) in [5.74, 6) is 1.51. The summed E-state index contributed by atoms with van der Waals surface area (Å²) < 4.78 is 39.4. The Morgan fingerprint density at radius 1 is 0.391 bits per heavy atom. The van der Waals surface area contributed by atoms with Crippen LogP contribution in [0.5, 0.6) is 0 Å². The van der Waals surface area contributed by atoms with E-state index in [4.69, 9.17) is 28.4 Å². The van der Waals surface area contributed by atoms with Crippen molar-refractivity contribution in [2.75, 3.05) is 98.5 Å². The summed E-state index contributed by atoms with van der Waals surface area (Å²) in [6.45, 7) is 29.4. The third-order valence-corrected chi connectivity index (χ3v) is 17.8. The molecular weight excluding hydrogens is 1110 g/mol. The first-order chi connectivity index (χ1) is 42.1. The molecule has 3 aliphatic rings. The van der Waals surface area contributed by atoms with Gasteiger partial charge in [-0.05, 0) is 96.3 Å². The Morgan fingerprint density at radius 2 is 0.644 bits per heavy atom. The number of hydrogen-bond donors (Lipinski definition) is 3. The van der Waals surface area contributed by atoms with Crippen LogP contribution in [-0.2, 0) is 48.1 Å². The van der Waals surface area contributed by atoms with E-state index in [0.29, 0.717) is 173 Å². The third-order valence-electron chi connectivity index (χ3n) is 17.8. The van der Waals surface area contributed by atoms with Gasteiger partial charge in [-0.2, -0.15) is 0 Å². The summed E-state index contributed by atoms with van der Waals surface area (Å²) in [5.41, 5.74) is -1.82. The first-order valence-corrected chi connectivity index (χ1v) is 34.9. The number of hydrogen-bond acceptors (Lipinski definition) is 15. The average molecular weight is 1230 g/mol. The number of rotatable bonds is 54. The molecule has 1 aromatic rings. The SMILES string of the molecule is CCCCC(CC)COCC(CN1CC1C)OC(=O)NCCCCCCn1c(=O)n(CCCCCCNC(=O)OC(COCC(CC)CCCC)CN2CC2C)c(=O)n(CCCCCCNC(=O)OC(COCC(CC)CCCC)CN2CC2C)c1=O. The molecule has 21 heteroatoms. The van der Waals surface area contributed by atoms with E-state index in [1.807, 2.05) is 0 Å². The zero-order valence-electron chi connectivity index (χ0n) is 56.0. The highest BCUT2D eigenvalue weighted by atomic mass is 16.6. The average Bonchev–Trinajstić information content (AvgIpc) is 2.30. The zero-order valence-corrected chi connectivity index (χ0v) is 56.0. The van der Waals surface area contributed by atoms with Gasteiger partial charge in [-0.1, -0.05) is 138 Å². The summed E-state index contributed by atoms with van der Waals surface area (Å²) in [4.78, 5) is 87.5. The van der Waals surface area contributed by atoms with Crippen LogP contribution in [0, 0.1) is 17.8 Å². The van der Waals surface area contributed by atoms with Gasteiger partial charge in [0.25, 0.3) is 0 Å². The number of ether oxygens (including phenoxy) is 6. The molecule has 0 saturated carbocycles. The molecule has 3 amide bonds. The number of carbonyl (C=O) groups is 3. The Bertz CT molecular complexity index is 1950. The molecule has 0 spiro atoms. The van der Waals surface area contributed by atoms with Crippen LogP contribution in [0.3, 0.4) is 0 Å². The van der Waals surface area contributed by atoms with Gasteiger partial charge in [0, 0.05) is 116 Å². The van der Waals surface area contributed by atoms with Gasteiger partial charge in [0.05, 0.1) is 19.8 Å². The molecule has 3 fully saturated rings. The topological polar surface area (TPSA) is 218 Å². The highest BCUT2D eigenvalue weighted by Gasteiger charge is 2.35. The fraction of sp³-hybridized carbons (Fsp3) is 0.909. The highest BCUT2D eigenvalue weighted by molar-refractivity contribution is 5.68. The molecule has 12 atom stereocenters. The number of nitrogens with one attached hydrogen (secondary N) is 3. The van der Waals surface area contributed by atoms with Crippen molar-refractivity contribution in [3.63, 3.8) is 0 Å². The van der Waals surface area contributed by atoms with E-state index in [2.05, 4.69) is 93.0 Å². The third kappa shape index (κ3) is 32.0. The number of unbranched alkanes of at least 4 members (excludes halogenated alkanes) is 12. The van der Waals surface area contributed by atoms with Gasteiger partial charge in [0.15, 0.2) is 0 Å². The van der Waals surface area contributed by atoms with Gasteiger partial charge >= 0.3 is 35.3 Å². The maximum absolute atomic E-state index is 14.0. The molecular formula is C66H123N9O12. The summed E-state index contributed by atoms with van der Waals surface area (Å²) in [6.07, 6.45) is 19.3. The Balaban J connectivity index is 1.26. The van der Waals surface area contributed by atoms with Crippen molar-refractivity contribution < 1.29 is 42.8 Å². The molecule has 0 bridgehead atoms. The molecule has 3 N–H and O–H groups in total. The lowest BCUT2D eigenvalue weighted by molar-refractivity contribution is 0.000922. The van der Waals surface area contributed by atoms with Crippen molar-refractivity contribution in [2.45, 2.75) is 272 Å². The van der Waals surface area contributed by atoms with Gasteiger partial charge in [-0.25, -0.2) is 42.5 Å². The van der Waals surface area contributed by atoms with E-state index < -0.39 is 35.3 Å². The van der Waals surface area contributed by atoms with Crippen LogP contribution in [0.4, 0.5) is 14.4 Å². The fourth-order valence-corrected chi connectivity index (χ4v) is 11.2. The molecule has 3 saturated heterocycles.